The summed E-state index contributed by atoms with van der Waals surface area (Å²) in [6.45, 7) is 0. The Morgan fingerprint density at radius 1 is 1.40 bits per heavy atom. The van der Waals surface area contributed by atoms with Crippen molar-refractivity contribution < 1.29 is 4.79 Å². The summed E-state index contributed by atoms with van der Waals surface area (Å²) in [5.41, 5.74) is 0.484. The lowest BCUT2D eigenvalue weighted by Crippen LogP contribution is -2.38. The maximum absolute atomic E-state index is 12.3. The molecule has 0 bridgehead atoms. The Hall–Kier alpha value is -0.940. The van der Waals surface area contributed by atoms with E-state index in [4.69, 9.17) is 11.6 Å². The molecule has 0 unspecified atom stereocenters. The second-order valence-electron chi connectivity index (χ2n) is 4.98. The summed E-state index contributed by atoms with van der Waals surface area (Å²) in [7, 11) is 1.77. The first-order valence-electron chi connectivity index (χ1n) is 6.81. The van der Waals surface area contributed by atoms with Crippen LogP contribution in [0.5, 0.6) is 0 Å². The topological polar surface area (TPSA) is 54.0 Å². The van der Waals surface area contributed by atoms with Crippen molar-refractivity contribution in [1.82, 2.24) is 10.3 Å². The fraction of sp³-hybridized carbons (Fsp3) is 0.571. The molecule has 0 spiro atoms. The van der Waals surface area contributed by atoms with Crippen molar-refractivity contribution in [2.24, 2.45) is 0 Å². The third kappa shape index (κ3) is 3.79. The minimum Gasteiger partial charge on any atom is -0.373 e. The van der Waals surface area contributed by atoms with Gasteiger partial charge in [0.25, 0.3) is 5.91 Å². The van der Waals surface area contributed by atoms with Crippen molar-refractivity contribution in [2.75, 3.05) is 18.6 Å². The van der Waals surface area contributed by atoms with Crippen LogP contribution in [0.1, 0.15) is 36.0 Å². The summed E-state index contributed by atoms with van der Waals surface area (Å²) in [5, 5.41) is 7.13. The quantitative estimate of drug-likeness (QED) is 0.896. The molecule has 20 heavy (non-hydrogen) atoms. The number of carbonyl (C=O) groups is 1. The number of amides is 1. The molecular formula is C14H20ClN3OS. The Morgan fingerprint density at radius 2 is 2.10 bits per heavy atom. The zero-order chi connectivity index (χ0) is 14.5. The van der Waals surface area contributed by atoms with Crippen LogP contribution in [0.4, 0.5) is 5.82 Å². The molecule has 0 aliphatic heterocycles. The van der Waals surface area contributed by atoms with Crippen molar-refractivity contribution >= 4 is 35.1 Å². The monoisotopic (exact) mass is 313 g/mol. The average molecular weight is 314 g/mol. The van der Waals surface area contributed by atoms with E-state index < -0.39 is 0 Å². The number of hydrogen-bond donors (Lipinski definition) is 2. The smallest absolute Gasteiger partial charge is 0.253 e. The Morgan fingerprint density at radius 3 is 2.70 bits per heavy atom. The highest BCUT2D eigenvalue weighted by molar-refractivity contribution is 7.99. The molecule has 2 rings (SSSR count). The Bertz CT molecular complexity index is 475. The summed E-state index contributed by atoms with van der Waals surface area (Å²) < 4.78 is 0. The molecule has 0 radical (unpaired) electrons. The molecule has 0 saturated heterocycles. The van der Waals surface area contributed by atoms with Gasteiger partial charge in [0.05, 0.1) is 10.6 Å². The molecule has 1 aromatic rings. The second kappa shape index (κ2) is 7.18. The molecule has 6 heteroatoms. The highest BCUT2D eigenvalue weighted by Gasteiger charge is 2.23. The normalized spacial score (nSPS) is 22.4. The first kappa shape index (κ1) is 15.4. The maximum atomic E-state index is 12.3. The van der Waals surface area contributed by atoms with Crippen molar-refractivity contribution in [3.05, 3.63) is 22.8 Å². The van der Waals surface area contributed by atoms with E-state index >= 15 is 0 Å². The third-order valence-electron chi connectivity index (χ3n) is 3.70. The van der Waals surface area contributed by atoms with E-state index in [2.05, 4.69) is 21.9 Å². The number of hydrogen-bond acceptors (Lipinski definition) is 4. The Labute approximate surface area is 129 Å². The highest BCUT2D eigenvalue weighted by Crippen LogP contribution is 2.27. The number of pyridine rings is 1. The molecule has 0 aromatic carbocycles. The van der Waals surface area contributed by atoms with Crippen LogP contribution in [0.3, 0.4) is 0 Å². The molecule has 110 valence electrons. The van der Waals surface area contributed by atoms with Gasteiger partial charge >= 0.3 is 0 Å². The van der Waals surface area contributed by atoms with Crippen molar-refractivity contribution in [3.8, 4) is 0 Å². The van der Waals surface area contributed by atoms with Crippen molar-refractivity contribution in [3.63, 3.8) is 0 Å². The predicted molar refractivity (Wildman–Crippen MR) is 85.8 cm³/mol. The number of nitrogens with one attached hydrogen (secondary N) is 2. The van der Waals surface area contributed by atoms with E-state index in [1.54, 1.807) is 13.1 Å². The van der Waals surface area contributed by atoms with Gasteiger partial charge in [0.15, 0.2) is 0 Å². The molecule has 0 atom stereocenters. The molecule has 1 saturated carbocycles. The van der Waals surface area contributed by atoms with Crippen LogP contribution in [-0.4, -0.2) is 35.5 Å². The summed E-state index contributed by atoms with van der Waals surface area (Å²) in [6, 6.07) is 1.94. The number of aromatic nitrogens is 1. The summed E-state index contributed by atoms with van der Waals surface area (Å²) in [6.07, 6.45) is 8.07. The Kier molecular flexibility index (Phi) is 5.54. The lowest BCUT2D eigenvalue weighted by atomic mass is 9.95. The van der Waals surface area contributed by atoms with Crippen LogP contribution in [0, 0.1) is 0 Å². The van der Waals surface area contributed by atoms with Gasteiger partial charge in [0, 0.05) is 24.5 Å². The fourth-order valence-corrected chi connectivity index (χ4v) is 3.39. The number of thioether (sulfide) groups is 1. The summed E-state index contributed by atoms with van der Waals surface area (Å²) in [5.74, 6) is 0.534. The maximum Gasteiger partial charge on any atom is 0.253 e. The number of halogens is 1. The van der Waals surface area contributed by atoms with Gasteiger partial charge in [-0.05, 0) is 38.0 Å². The molecule has 2 N–H and O–H groups in total. The third-order valence-corrected chi connectivity index (χ3v) is 5.14. The van der Waals surface area contributed by atoms with Crippen LogP contribution in [-0.2, 0) is 0 Å². The van der Waals surface area contributed by atoms with Crippen LogP contribution in [0.2, 0.25) is 5.02 Å². The van der Waals surface area contributed by atoms with Crippen molar-refractivity contribution in [1.29, 1.82) is 0 Å². The van der Waals surface area contributed by atoms with E-state index in [9.17, 15) is 4.79 Å². The van der Waals surface area contributed by atoms with E-state index in [0.717, 1.165) is 30.9 Å². The summed E-state index contributed by atoms with van der Waals surface area (Å²) in [4.78, 5) is 16.4. The standard InChI is InChI=1S/C14H20ClN3OS/c1-16-13-7-11(12(15)8-17-13)14(19)18-9-3-5-10(20-2)6-4-9/h7-10H,3-6H2,1-2H3,(H,16,17)(H,18,19). The van der Waals surface area contributed by atoms with Crippen LogP contribution in [0.25, 0.3) is 0 Å². The van der Waals surface area contributed by atoms with Crippen LogP contribution >= 0.6 is 23.4 Å². The lowest BCUT2D eigenvalue weighted by Gasteiger charge is -2.28. The van der Waals surface area contributed by atoms with Gasteiger partial charge in [-0.1, -0.05) is 11.6 Å². The molecule has 1 fully saturated rings. The molecule has 1 amide bonds. The predicted octanol–water partition coefficient (Wildman–Crippen LogP) is 3.18. The number of carbonyl (C=O) groups excluding carboxylic acids is 1. The first-order chi connectivity index (χ1) is 9.63. The van der Waals surface area contributed by atoms with Gasteiger partial charge in [-0.3, -0.25) is 4.79 Å². The van der Waals surface area contributed by atoms with Gasteiger partial charge in [-0.2, -0.15) is 11.8 Å². The molecule has 1 aromatic heterocycles. The zero-order valence-electron chi connectivity index (χ0n) is 11.8. The van der Waals surface area contributed by atoms with Gasteiger partial charge in [0.1, 0.15) is 5.82 Å². The van der Waals surface area contributed by atoms with Gasteiger partial charge in [-0.25, -0.2) is 4.98 Å². The molecule has 1 aliphatic carbocycles. The van der Waals surface area contributed by atoms with Crippen molar-refractivity contribution in [2.45, 2.75) is 37.0 Å². The molecular weight excluding hydrogens is 294 g/mol. The minimum absolute atomic E-state index is 0.110. The van der Waals surface area contributed by atoms with E-state index in [1.807, 2.05) is 11.8 Å². The number of anilines is 1. The van der Waals surface area contributed by atoms with E-state index in [0.29, 0.717) is 16.4 Å². The zero-order valence-corrected chi connectivity index (χ0v) is 13.4. The van der Waals surface area contributed by atoms with E-state index in [-0.39, 0.29) is 11.9 Å². The van der Waals surface area contributed by atoms with E-state index in [1.165, 1.54) is 6.20 Å². The molecule has 1 aliphatic rings. The lowest BCUT2D eigenvalue weighted by molar-refractivity contribution is 0.0928. The number of rotatable bonds is 4. The van der Waals surface area contributed by atoms with Crippen LogP contribution in [0.15, 0.2) is 12.3 Å². The Balaban J connectivity index is 1.98. The molecule has 4 nitrogen and oxygen atoms in total. The van der Waals surface area contributed by atoms with Gasteiger partial charge < -0.3 is 10.6 Å². The minimum atomic E-state index is -0.110. The van der Waals surface area contributed by atoms with Crippen LogP contribution < -0.4 is 10.6 Å². The largest absolute Gasteiger partial charge is 0.373 e. The molecule has 1 heterocycles. The highest BCUT2D eigenvalue weighted by atomic mass is 35.5. The fourth-order valence-electron chi connectivity index (χ4n) is 2.46. The van der Waals surface area contributed by atoms with Gasteiger partial charge in [0.2, 0.25) is 0 Å². The average Bonchev–Trinajstić information content (AvgIpc) is 2.48. The SMILES string of the molecule is CNc1cc(C(=O)NC2CCC(SC)CC2)c(Cl)cn1. The van der Waals surface area contributed by atoms with Gasteiger partial charge in [-0.15, -0.1) is 0 Å². The number of nitrogens with zero attached hydrogens (tertiary/aromatic N) is 1. The summed E-state index contributed by atoms with van der Waals surface area (Å²) >= 11 is 7.98. The first-order valence-corrected chi connectivity index (χ1v) is 8.47. The second-order valence-corrected chi connectivity index (χ2v) is 6.53.